The van der Waals surface area contributed by atoms with Crippen molar-refractivity contribution in [2.24, 2.45) is 0 Å². The number of nitrogens with zero attached hydrogens (tertiary/aromatic N) is 1. The van der Waals surface area contributed by atoms with Gasteiger partial charge in [0.25, 0.3) is 5.91 Å². The van der Waals surface area contributed by atoms with Crippen LogP contribution in [0, 0.1) is 5.82 Å². The number of amides is 1. The number of rotatable bonds is 6. The summed E-state index contributed by atoms with van der Waals surface area (Å²) in [6.07, 6.45) is 1.18. The highest BCUT2D eigenvalue weighted by Gasteiger charge is 2.22. The van der Waals surface area contributed by atoms with Crippen LogP contribution in [0.4, 0.5) is 4.39 Å². The number of carbonyl (C=O) groups excluding carboxylic acids is 1. The van der Waals surface area contributed by atoms with Gasteiger partial charge in [-0.3, -0.25) is 4.79 Å². The number of carbonyl (C=O) groups is 1. The van der Waals surface area contributed by atoms with Crippen molar-refractivity contribution in [1.29, 1.82) is 0 Å². The van der Waals surface area contributed by atoms with Crippen LogP contribution in [0.15, 0.2) is 53.3 Å². The van der Waals surface area contributed by atoms with Crippen molar-refractivity contribution in [2.75, 3.05) is 14.2 Å². The van der Waals surface area contributed by atoms with E-state index < -0.39 is 5.91 Å². The quantitative estimate of drug-likeness (QED) is 0.710. The molecule has 6 nitrogen and oxygen atoms in total. The maximum atomic E-state index is 13.1. The Morgan fingerprint density at radius 1 is 1.15 bits per heavy atom. The molecule has 0 spiro atoms. The number of nitrogens with one attached hydrogen (secondary N) is 1. The lowest BCUT2D eigenvalue weighted by atomic mass is 10.1. The van der Waals surface area contributed by atoms with E-state index in [1.165, 1.54) is 30.7 Å². The summed E-state index contributed by atoms with van der Waals surface area (Å²) in [6, 6.07) is 10.6. The highest BCUT2D eigenvalue weighted by atomic mass is 19.1. The van der Waals surface area contributed by atoms with Crippen LogP contribution in [0.25, 0.3) is 11.3 Å². The van der Waals surface area contributed by atoms with Gasteiger partial charge in [0.1, 0.15) is 17.3 Å². The second-order valence-electron chi connectivity index (χ2n) is 5.84. The van der Waals surface area contributed by atoms with Gasteiger partial charge >= 0.3 is 0 Å². The van der Waals surface area contributed by atoms with E-state index in [4.69, 9.17) is 13.9 Å². The molecule has 1 amide bonds. The molecule has 27 heavy (non-hydrogen) atoms. The molecule has 0 saturated heterocycles. The van der Waals surface area contributed by atoms with Crippen molar-refractivity contribution in [3.63, 3.8) is 0 Å². The van der Waals surface area contributed by atoms with Crippen LogP contribution in [0.5, 0.6) is 11.5 Å². The smallest absolute Gasteiger partial charge is 0.274 e. The molecule has 2 aromatic carbocycles. The van der Waals surface area contributed by atoms with E-state index in [-0.39, 0.29) is 23.3 Å². The molecule has 3 aromatic rings. The first-order valence-electron chi connectivity index (χ1n) is 8.25. The third kappa shape index (κ3) is 3.92. The van der Waals surface area contributed by atoms with E-state index in [9.17, 15) is 9.18 Å². The number of ether oxygens (including phenoxy) is 2. The maximum absolute atomic E-state index is 13.1. The fourth-order valence-electron chi connectivity index (χ4n) is 2.73. The minimum Gasteiger partial charge on any atom is -0.497 e. The summed E-state index contributed by atoms with van der Waals surface area (Å²) in [5.74, 6) is 0.767. The molecule has 0 aliphatic rings. The van der Waals surface area contributed by atoms with E-state index in [2.05, 4.69) is 10.3 Å². The fraction of sp³-hybridized carbons (Fsp3) is 0.200. The average molecular weight is 370 g/mol. The maximum Gasteiger partial charge on any atom is 0.274 e. The van der Waals surface area contributed by atoms with Crippen molar-refractivity contribution in [3.05, 3.63) is 65.9 Å². The molecular formula is C20H19FN2O4. The van der Waals surface area contributed by atoms with Crippen LogP contribution in [-0.4, -0.2) is 25.1 Å². The summed E-state index contributed by atoms with van der Waals surface area (Å²) < 4.78 is 29.1. The molecule has 0 aliphatic heterocycles. The first-order valence-corrected chi connectivity index (χ1v) is 8.25. The summed E-state index contributed by atoms with van der Waals surface area (Å²) in [4.78, 5) is 16.7. The lowest BCUT2D eigenvalue weighted by Crippen LogP contribution is -2.27. The predicted octanol–water partition coefficient (Wildman–Crippen LogP) is 3.99. The van der Waals surface area contributed by atoms with Crippen molar-refractivity contribution < 1.29 is 23.1 Å². The number of oxazole rings is 1. The topological polar surface area (TPSA) is 73.6 Å². The third-order valence-corrected chi connectivity index (χ3v) is 4.14. The Labute approximate surface area is 155 Å². The first kappa shape index (κ1) is 18.4. The van der Waals surface area contributed by atoms with E-state index in [0.717, 1.165) is 5.56 Å². The molecule has 3 rings (SSSR count). The van der Waals surface area contributed by atoms with Crippen molar-refractivity contribution >= 4 is 5.91 Å². The lowest BCUT2D eigenvalue weighted by molar-refractivity contribution is 0.0935. The Bertz CT molecular complexity index is 937. The zero-order valence-corrected chi connectivity index (χ0v) is 15.2. The molecule has 1 unspecified atom stereocenters. The van der Waals surface area contributed by atoms with Crippen molar-refractivity contribution in [1.82, 2.24) is 10.3 Å². The van der Waals surface area contributed by atoms with Gasteiger partial charge in [-0.15, -0.1) is 0 Å². The number of halogens is 1. The van der Waals surface area contributed by atoms with Crippen LogP contribution in [-0.2, 0) is 0 Å². The van der Waals surface area contributed by atoms with Crippen molar-refractivity contribution in [2.45, 2.75) is 13.0 Å². The first-order chi connectivity index (χ1) is 13.0. The SMILES string of the molecule is COc1ccc(OC)c(C(C)NC(=O)c2ncoc2-c2ccc(F)cc2)c1. The Hall–Kier alpha value is -3.35. The van der Waals surface area contributed by atoms with Gasteiger partial charge in [0.2, 0.25) is 0 Å². The molecular weight excluding hydrogens is 351 g/mol. The Morgan fingerprint density at radius 2 is 1.89 bits per heavy atom. The largest absolute Gasteiger partial charge is 0.497 e. The molecule has 0 saturated carbocycles. The molecule has 1 N–H and O–H groups in total. The highest BCUT2D eigenvalue weighted by Crippen LogP contribution is 2.30. The predicted molar refractivity (Wildman–Crippen MR) is 97.3 cm³/mol. The van der Waals surface area contributed by atoms with E-state index in [1.54, 1.807) is 32.4 Å². The van der Waals surface area contributed by atoms with Crippen LogP contribution in [0.1, 0.15) is 29.0 Å². The Kier molecular flexibility index (Phi) is 5.40. The average Bonchev–Trinajstić information content (AvgIpc) is 3.18. The van der Waals surface area contributed by atoms with Gasteiger partial charge in [0.05, 0.1) is 20.3 Å². The summed E-state index contributed by atoms with van der Waals surface area (Å²) in [6.45, 7) is 1.83. The molecule has 0 aliphatic carbocycles. The monoisotopic (exact) mass is 370 g/mol. The number of hydrogen-bond donors (Lipinski definition) is 1. The minimum absolute atomic E-state index is 0.121. The normalized spacial score (nSPS) is 11.7. The van der Waals surface area contributed by atoms with Crippen LogP contribution < -0.4 is 14.8 Å². The van der Waals surface area contributed by atoms with Gasteiger partial charge < -0.3 is 19.2 Å². The second kappa shape index (κ2) is 7.90. The standard InChI is InChI=1S/C20H19FN2O4/c1-12(16-10-15(25-2)8-9-17(16)26-3)23-20(24)18-19(27-11-22-18)13-4-6-14(21)7-5-13/h4-12H,1-3H3,(H,23,24). The van der Waals surface area contributed by atoms with Crippen LogP contribution in [0.2, 0.25) is 0 Å². The molecule has 0 bridgehead atoms. The van der Waals surface area contributed by atoms with E-state index >= 15 is 0 Å². The Balaban J connectivity index is 1.84. The Morgan fingerprint density at radius 3 is 2.56 bits per heavy atom. The number of methoxy groups -OCH3 is 2. The molecule has 1 aromatic heterocycles. The molecule has 0 radical (unpaired) electrons. The zero-order chi connectivity index (χ0) is 19.4. The number of aromatic nitrogens is 1. The minimum atomic E-state index is -0.416. The fourth-order valence-corrected chi connectivity index (χ4v) is 2.73. The summed E-state index contributed by atoms with van der Waals surface area (Å²) in [5, 5.41) is 2.88. The van der Waals surface area contributed by atoms with Gasteiger partial charge in [-0.25, -0.2) is 9.37 Å². The van der Waals surface area contributed by atoms with E-state index in [0.29, 0.717) is 17.1 Å². The van der Waals surface area contributed by atoms with Gasteiger partial charge in [-0.1, -0.05) is 0 Å². The third-order valence-electron chi connectivity index (χ3n) is 4.14. The number of benzene rings is 2. The number of hydrogen-bond acceptors (Lipinski definition) is 5. The highest BCUT2D eigenvalue weighted by molar-refractivity contribution is 5.97. The van der Waals surface area contributed by atoms with Crippen LogP contribution >= 0.6 is 0 Å². The van der Waals surface area contributed by atoms with Gasteiger partial charge in [-0.05, 0) is 49.4 Å². The second-order valence-corrected chi connectivity index (χ2v) is 5.84. The molecule has 7 heteroatoms. The summed E-state index contributed by atoms with van der Waals surface area (Å²) >= 11 is 0. The molecule has 0 fully saturated rings. The van der Waals surface area contributed by atoms with Gasteiger partial charge in [0.15, 0.2) is 17.8 Å². The lowest BCUT2D eigenvalue weighted by Gasteiger charge is -2.18. The zero-order valence-electron chi connectivity index (χ0n) is 15.2. The summed E-state index contributed by atoms with van der Waals surface area (Å²) in [5.41, 5.74) is 1.44. The van der Waals surface area contributed by atoms with Crippen LogP contribution in [0.3, 0.4) is 0 Å². The molecule has 140 valence electrons. The van der Waals surface area contributed by atoms with Gasteiger partial charge in [-0.2, -0.15) is 0 Å². The molecule has 1 heterocycles. The van der Waals surface area contributed by atoms with Gasteiger partial charge in [0, 0.05) is 11.1 Å². The molecule has 1 atom stereocenters. The van der Waals surface area contributed by atoms with E-state index in [1.807, 2.05) is 6.92 Å². The summed E-state index contributed by atoms with van der Waals surface area (Å²) in [7, 11) is 3.13. The van der Waals surface area contributed by atoms with Crippen molar-refractivity contribution in [3.8, 4) is 22.8 Å².